The van der Waals surface area contributed by atoms with Crippen molar-refractivity contribution >= 4 is 46.6 Å². The van der Waals surface area contributed by atoms with Crippen LogP contribution in [0, 0.1) is 12.3 Å². The van der Waals surface area contributed by atoms with Gasteiger partial charge in [0, 0.05) is 25.4 Å². The maximum atomic E-state index is 14.2. The summed E-state index contributed by atoms with van der Waals surface area (Å²) in [5.41, 5.74) is 16.3. The van der Waals surface area contributed by atoms with Gasteiger partial charge in [0.15, 0.2) is 0 Å². The number of nitrogens with zero attached hydrogens (tertiary/aromatic N) is 3. The molecule has 13 nitrogen and oxygen atoms in total. The van der Waals surface area contributed by atoms with Crippen molar-refractivity contribution in [2.75, 3.05) is 32.8 Å². The second-order valence-electron chi connectivity index (χ2n) is 16.2. The van der Waals surface area contributed by atoms with E-state index in [2.05, 4.69) is 20.5 Å². The molecule has 2 fully saturated rings. The van der Waals surface area contributed by atoms with E-state index in [1.165, 1.54) is 4.90 Å². The zero-order chi connectivity index (χ0) is 40.7. The van der Waals surface area contributed by atoms with Crippen molar-refractivity contribution in [3.8, 4) is 16.2 Å². The Morgan fingerprint density at radius 2 is 1.79 bits per heavy atom. The molecule has 3 heterocycles. The second-order valence-corrected chi connectivity index (χ2v) is 17.4. The van der Waals surface area contributed by atoms with Gasteiger partial charge in [-0.15, -0.1) is 11.3 Å². The number of aliphatic hydroxyl groups excluding tert-OH is 1. The molecule has 2 aromatic carbocycles. The summed E-state index contributed by atoms with van der Waals surface area (Å²) in [6.45, 7) is 11.1. The fourth-order valence-electron chi connectivity index (χ4n) is 7.39. The third-order valence-electron chi connectivity index (χ3n) is 10.7. The van der Waals surface area contributed by atoms with E-state index < -0.39 is 35.4 Å². The zero-order valence-electron chi connectivity index (χ0n) is 32.9. The molecule has 0 bridgehead atoms. The quantitative estimate of drug-likeness (QED) is 0.149. The van der Waals surface area contributed by atoms with E-state index in [-0.39, 0.29) is 62.4 Å². The summed E-state index contributed by atoms with van der Waals surface area (Å²) >= 11 is 8.36. The normalized spacial score (nSPS) is 19.6. The molecular formula is C41H56ClN7O6S. The lowest BCUT2D eigenvalue weighted by atomic mass is 9.85. The van der Waals surface area contributed by atoms with E-state index in [9.17, 15) is 24.3 Å². The van der Waals surface area contributed by atoms with Crippen LogP contribution in [-0.4, -0.2) is 101 Å². The number of piperidine rings is 1. The molecule has 3 aromatic rings. The minimum Gasteiger partial charge on any atom is -0.490 e. The fourth-order valence-corrected chi connectivity index (χ4v) is 8.54. The van der Waals surface area contributed by atoms with Crippen molar-refractivity contribution in [3.63, 3.8) is 0 Å². The maximum Gasteiger partial charge on any atom is 0.246 e. The van der Waals surface area contributed by atoms with Crippen LogP contribution in [0.2, 0.25) is 5.02 Å². The molecule has 3 unspecified atom stereocenters. The number of hydrogen-bond donors (Lipinski definition) is 5. The predicted octanol–water partition coefficient (Wildman–Crippen LogP) is 4.29. The highest BCUT2D eigenvalue weighted by Gasteiger charge is 2.45. The van der Waals surface area contributed by atoms with Crippen LogP contribution in [0.4, 0.5) is 0 Å². The third-order valence-corrected chi connectivity index (χ3v) is 12.0. The minimum atomic E-state index is -0.918. The SMILES string of the molecule is Cc1ncsc1-c1ccc(C(C)NC(=O)[C@@H]2C[C@@H](O)CN2C(=O)C(NC(=O)CN2CCC(c3cccc(OCC(N)CCC(N)=O)c3Cl)CC2)C(C)(C)C)cc1. The third kappa shape index (κ3) is 11.1. The summed E-state index contributed by atoms with van der Waals surface area (Å²) in [6.07, 6.45) is 1.40. The van der Waals surface area contributed by atoms with Crippen LogP contribution in [0.5, 0.6) is 5.75 Å². The molecule has 2 aliphatic rings. The lowest BCUT2D eigenvalue weighted by Crippen LogP contribution is -2.59. The number of aromatic nitrogens is 1. The van der Waals surface area contributed by atoms with E-state index in [0.717, 1.165) is 40.1 Å². The smallest absolute Gasteiger partial charge is 0.246 e. The first-order valence-electron chi connectivity index (χ1n) is 19.3. The number of primary amides is 1. The van der Waals surface area contributed by atoms with Crippen molar-refractivity contribution in [2.45, 2.75) is 103 Å². The van der Waals surface area contributed by atoms with E-state index >= 15 is 0 Å². The van der Waals surface area contributed by atoms with E-state index in [4.69, 9.17) is 27.8 Å². The number of β-amino-alcohol motifs (C(OH)–C–C–N with tert-alkyl or cyclic N) is 1. The minimum absolute atomic E-state index is 0.00105. The van der Waals surface area contributed by atoms with Gasteiger partial charge in [-0.25, -0.2) is 4.98 Å². The van der Waals surface area contributed by atoms with Gasteiger partial charge in [-0.1, -0.05) is 68.8 Å². The van der Waals surface area contributed by atoms with Crippen molar-refractivity contribution in [2.24, 2.45) is 16.9 Å². The van der Waals surface area contributed by atoms with Gasteiger partial charge in [-0.3, -0.25) is 24.1 Å². The summed E-state index contributed by atoms with van der Waals surface area (Å²) in [5, 5.41) is 17.2. The lowest BCUT2D eigenvalue weighted by molar-refractivity contribution is -0.144. The standard InChI is InChI=1S/C41H56ClN7O6S/c1-24(26-9-11-28(12-10-26)37-25(2)45-23-56-37)46-39(53)32-19-30(50)20-49(32)40(54)38(41(3,4)5)47-35(52)21-48-17-15-27(16-18-48)31-7-6-8-33(36(31)42)55-22-29(43)13-14-34(44)51/h6-12,23-24,27,29-30,32,38,50H,13-22,43H2,1-5H3,(H2,44,51)(H,46,53)(H,47,52)/t24?,29?,30-,32+,38?/m1/s1. The largest absolute Gasteiger partial charge is 0.490 e. The fraction of sp³-hybridized carbons (Fsp3) is 0.537. The Morgan fingerprint density at radius 3 is 2.41 bits per heavy atom. The molecule has 4 amide bonds. The Hall–Kier alpha value is -4.08. The average molecular weight is 810 g/mol. The van der Waals surface area contributed by atoms with Gasteiger partial charge in [0.1, 0.15) is 24.4 Å². The first kappa shape index (κ1) is 43.1. The van der Waals surface area contributed by atoms with Crippen LogP contribution < -0.4 is 26.8 Å². The number of thiazole rings is 1. The van der Waals surface area contributed by atoms with Crippen LogP contribution in [-0.2, 0) is 19.2 Å². The van der Waals surface area contributed by atoms with Gasteiger partial charge in [-0.05, 0) is 80.3 Å². The van der Waals surface area contributed by atoms with Gasteiger partial charge in [0.25, 0.3) is 0 Å². The van der Waals surface area contributed by atoms with Crippen molar-refractivity contribution < 1.29 is 29.0 Å². The molecule has 15 heteroatoms. The Morgan fingerprint density at radius 1 is 1.09 bits per heavy atom. The molecule has 304 valence electrons. The Labute approximate surface area is 338 Å². The number of hydrogen-bond acceptors (Lipinski definition) is 10. The summed E-state index contributed by atoms with van der Waals surface area (Å²) in [5.74, 6) is -0.749. The van der Waals surface area contributed by atoms with Crippen molar-refractivity contribution in [3.05, 3.63) is 69.8 Å². The number of nitrogens with one attached hydrogen (secondary N) is 2. The van der Waals surface area contributed by atoms with Crippen LogP contribution >= 0.6 is 22.9 Å². The molecule has 7 N–H and O–H groups in total. The van der Waals surface area contributed by atoms with Crippen LogP contribution in [0.25, 0.3) is 10.4 Å². The van der Waals surface area contributed by atoms with E-state index in [1.54, 1.807) is 17.4 Å². The first-order valence-corrected chi connectivity index (χ1v) is 20.5. The number of halogens is 1. The van der Waals surface area contributed by atoms with Crippen LogP contribution in [0.3, 0.4) is 0 Å². The van der Waals surface area contributed by atoms with Crippen LogP contribution in [0.1, 0.15) is 88.6 Å². The van der Waals surface area contributed by atoms with Gasteiger partial charge >= 0.3 is 0 Å². The Balaban J connectivity index is 1.15. The highest BCUT2D eigenvalue weighted by atomic mass is 35.5. The van der Waals surface area contributed by atoms with E-state index in [0.29, 0.717) is 30.3 Å². The number of benzene rings is 2. The number of aliphatic hydroxyl groups is 1. The average Bonchev–Trinajstić information content (AvgIpc) is 3.77. The summed E-state index contributed by atoms with van der Waals surface area (Å²) in [6, 6.07) is 11.1. The monoisotopic (exact) mass is 809 g/mol. The number of rotatable bonds is 15. The number of carbonyl (C=O) groups excluding carboxylic acids is 4. The summed E-state index contributed by atoms with van der Waals surface area (Å²) in [4.78, 5) is 61.3. The molecule has 0 spiro atoms. The number of likely N-dealkylation sites (tertiary alicyclic amines) is 2. The van der Waals surface area contributed by atoms with Gasteiger partial charge < -0.3 is 36.8 Å². The molecule has 2 saturated heterocycles. The van der Waals surface area contributed by atoms with Gasteiger partial charge in [0.2, 0.25) is 23.6 Å². The summed E-state index contributed by atoms with van der Waals surface area (Å²) in [7, 11) is 0. The number of aryl methyl sites for hydroxylation is 1. The Bertz CT molecular complexity index is 1840. The number of carbonyl (C=O) groups is 4. The molecule has 5 atom stereocenters. The Kier molecular flexibility index (Phi) is 14.5. The van der Waals surface area contributed by atoms with Crippen molar-refractivity contribution in [1.82, 2.24) is 25.4 Å². The molecular weight excluding hydrogens is 754 g/mol. The summed E-state index contributed by atoms with van der Waals surface area (Å²) < 4.78 is 5.89. The van der Waals surface area contributed by atoms with Crippen LogP contribution in [0.15, 0.2) is 48.0 Å². The van der Waals surface area contributed by atoms with Crippen molar-refractivity contribution in [1.29, 1.82) is 0 Å². The molecule has 1 aromatic heterocycles. The maximum absolute atomic E-state index is 14.2. The molecule has 5 rings (SSSR count). The highest BCUT2D eigenvalue weighted by Crippen LogP contribution is 2.38. The lowest BCUT2D eigenvalue weighted by Gasteiger charge is -2.36. The second kappa shape index (κ2) is 18.9. The number of nitrogens with two attached hydrogens (primary N) is 2. The topological polar surface area (TPSA) is 193 Å². The molecule has 2 aliphatic heterocycles. The van der Waals surface area contributed by atoms with Gasteiger partial charge in [0.05, 0.1) is 39.8 Å². The number of ether oxygens (including phenoxy) is 1. The molecule has 0 radical (unpaired) electrons. The first-order chi connectivity index (χ1) is 26.5. The highest BCUT2D eigenvalue weighted by molar-refractivity contribution is 7.13. The zero-order valence-corrected chi connectivity index (χ0v) is 34.5. The predicted molar refractivity (Wildman–Crippen MR) is 218 cm³/mol. The molecule has 56 heavy (non-hydrogen) atoms. The molecule has 0 saturated carbocycles. The van der Waals surface area contributed by atoms with Gasteiger partial charge in [-0.2, -0.15) is 0 Å². The molecule has 0 aliphatic carbocycles. The number of amides is 4. The van der Waals surface area contributed by atoms with E-state index in [1.807, 2.05) is 76.5 Å².